The van der Waals surface area contributed by atoms with Crippen LogP contribution in [-0.2, 0) is 10.0 Å². The molecule has 6 heteroatoms. The largest absolute Gasteiger partial charge is 0.497 e. The van der Waals surface area contributed by atoms with Gasteiger partial charge in [0.15, 0.2) is 0 Å². The van der Waals surface area contributed by atoms with Gasteiger partial charge in [0.2, 0.25) is 10.0 Å². The lowest BCUT2D eigenvalue weighted by Gasteiger charge is -2.32. The van der Waals surface area contributed by atoms with Crippen LogP contribution >= 0.6 is 0 Å². The number of sulfonamides is 1. The molecule has 0 saturated carbocycles. The van der Waals surface area contributed by atoms with Crippen molar-refractivity contribution in [1.82, 2.24) is 9.62 Å². The lowest BCUT2D eigenvalue weighted by Crippen LogP contribution is -2.44. The molecule has 0 radical (unpaired) electrons. The van der Waals surface area contributed by atoms with E-state index in [2.05, 4.69) is 16.5 Å². The second kappa shape index (κ2) is 7.64. The molecule has 0 aromatic heterocycles. The number of benzene rings is 1. The number of piperidine rings is 1. The lowest BCUT2D eigenvalue weighted by atomic mass is 10.1. The van der Waals surface area contributed by atoms with Gasteiger partial charge in [-0.05, 0) is 70.0 Å². The Labute approximate surface area is 140 Å². The SMILES string of the molecule is COc1cc(C)c(S(=O)(=O)NCC(C)N2CCCCC2)c(C)c1. The van der Waals surface area contributed by atoms with Gasteiger partial charge in [0.1, 0.15) is 5.75 Å². The minimum Gasteiger partial charge on any atom is -0.497 e. The van der Waals surface area contributed by atoms with E-state index in [0.29, 0.717) is 28.3 Å². The summed E-state index contributed by atoms with van der Waals surface area (Å²) in [5, 5.41) is 0. The van der Waals surface area contributed by atoms with Crippen LogP contribution in [0.4, 0.5) is 0 Å². The van der Waals surface area contributed by atoms with E-state index in [1.165, 1.54) is 19.3 Å². The molecule has 5 nitrogen and oxygen atoms in total. The van der Waals surface area contributed by atoms with Gasteiger partial charge in [-0.15, -0.1) is 0 Å². The molecule has 0 bridgehead atoms. The zero-order valence-corrected chi connectivity index (χ0v) is 15.4. The average Bonchev–Trinajstić information content (AvgIpc) is 2.52. The summed E-state index contributed by atoms with van der Waals surface area (Å²) in [6, 6.07) is 3.73. The van der Waals surface area contributed by atoms with Gasteiger partial charge in [-0.2, -0.15) is 0 Å². The van der Waals surface area contributed by atoms with Crippen molar-refractivity contribution < 1.29 is 13.2 Å². The number of hydrogen-bond donors (Lipinski definition) is 1. The van der Waals surface area contributed by atoms with Crippen LogP contribution < -0.4 is 9.46 Å². The number of hydrogen-bond acceptors (Lipinski definition) is 4. The molecule has 0 aliphatic carbocycles. The molecule has 2 rings (SSSR count). The summed E-state index contributed by atoms with van der Waals surface area (Å²) in [4.78, 5) is 2.73. The van der Waals surface area contributed by atoms with Gasteiger partial charge in [0.05, 0.1) is 12.0 Å². The van der Waals surface area contributed by atoms with E-state index in [9.17, 15) is 8.42 Å². The molecule has 1 aromatic rings. The highest BCUT2D eigenvalue weighted by Crippen LogP contribution is 2.25. The third-order valence-electron chi connectivity index (χ3n) is 4.52. The van der Waals surface area contributed by atoms with E-state index in [1.54, 1.807) is 33.1 Å². The maximum Gasteiger partial charge on any atom is 0.241 e. The number of methoxy groups -OCH3 is 1. The van der Waals surface area contributed by atoms with Gasteiger partial charge in [0.25, 0.3) is 0 Å². The molecule has 130 valence electrons. The maximum absolute atomic E-state index is 12.7. The first kappa shape index (κ1) is 18.2. The van der Waals surface area contributed by atoms with Crippen LogP contribution in [0.25, 0.3) is 0 Å². The van der Waals surface area contributed by atoms with Gasteiger partial charge in [-0.25, -0.2) is 13.1 Å². The van der Waals surface area contributed by atoms with Crippen LogP contribution in [0.5, 0.6) is 5.75 Å². The topological polar surface area (TPSA) is 58.6 Å². The molecule has 0 spiro atoms. The predicted octanol–water partition coefficient (Wildman–Crippen LogP) is 2.46. The maximum atomic E-state index is 12.7. The highest BCUT2D eigenvalue weighted by molar-refractivity contribution is 7.89. The van der Waals surface area contributed by atoms with Crippen LogP contribution in [0.1, 0.15) is 37.3 Å². The molecule has 1 atom stereocenters. The summed E-state index contributed by atoms with van der Waals surface area (Å²) < 4.78 is 33.4. The van der Waals surface area contributed by atoms with E-state index >= 15 is 0 Å². The Morgan fingerprint density at radius 2 is 1.74 bits per heavy atom. The Bertz CT molecular complexity index is 614. The second-order valence-corrected chi connectivity index (χ2v) is 8.09. The summed E-state index contributed by atoms with van der Waals surface area (Å²) in [6.07, 6.45) is 3.68. The Balaban J connectivity index is 2.10. The molecule has 1 saturated heterocycles. The normalized spacial score (nSPS) is 17.9. The molecule has 1 aliphatic heterocycles. The standard InChI is InChI=1S/C17H28N2O3S/c1-13-10-16(22-4)11-14(2)17(13)23(20,21)18-12-15(3)19-8-6-5-7-9-19/h10-11,15,18H,5-9,12H2,1-4H3. The number of ether oxygens (including phenoxy) is 1. The Kier molecular flexibility index (Phi) is 6.06. The van der Waals surface area contributed by atoms with E-state index in [1.807, 2.05) is 0 Å². The average molecular weight is 340 g/mol. The molecule has 1 aromatic carbocycles. The molecule has 1 heterocycles. The summed E-state index contributed by atoms with van der Waals surface area (Å²) in [5.74, 6) is 0.681. The van der Waals surface area contributed by atoms with E-state index < -0.39 is 10.0 Å². The van der Waals surface area contributed by atoms with Crippen molar-refractivity contribution in [2.75, 3.05) is 26.7 Å². The van der Waals surface area contributed by atoms with Crippen LogP contribution in [-0.4, -0.2) is 46.1 Å². The predicted molar refractivity (Wildman–Crippen MR) is 92.5 cm³/mol. The smallest absolute Gasteiger partial charge is 0.241 e. The fourth-order valence-corrected chi connectivity index (χ4v) is 4.81. The van der Waals surface area contributed by atoms with Gasteiger partial charge < -0.3 is 4.74 Å². The van der Waals surface area contributed by atoms with Gasteiger partial charge in [-0.1, -0.05) is 6.42 Å². The minimum absolute atomic E-state index is 0.212. The zero-order valence-electron chi connectivity index (χ0n) is 14.6. The highest BCUT2D eigenvalue weighted by Gasteiger charge is 2.23. The molecule has 0 amide bonds. The van der Waals surface area contributed by atoms with Crippen molar-refractivity contribution in [2.45, 2.75) is 51.0 Å². The minimum atomic E-state index is -3.51. The van der Waals surface area contributed by atoms with E-state index in [0.717, 1.165) is 13.1 Å². The molecular weight excluding hydrogens is 312 g/mol. The third-order valence-corrected chi connectivity index (χ3v) is 6.25. The van der Waals surface area contributed by atoms with Crippen molar-refractivity contribution in [1.29, 1.82) is 0 Å². The molecular formula is C17H28N2O3S. The first-order chi connectivity index (χ1) is 10.8. The molecule has 1 aliphatic rings. The number of aryl methyl sites for hydroxylation is 2. The van der Waals surface area contributed by atoms with Crippen molar-refractivity contribution in [3.8, 4) is 5.75 Å². The van der Waals surface area contributed by atoms with Crippen molar-refractivity contribution in [2.24, 2.45) is 0 Å². The van der Waals surface area contributed by atoms with Crippen molar-refractivity contribution >= 4 is 10.0 Å². The summed E-state index contributed by atoms with van der Waals surface area (Å²) in [5.41, 5.74) is 1.42. The fraction of sp³-hybridized carbons (Fsp3) is 0.647. The Hall–Kier alpha value is -1.11. The number of nitrogens with one attached hydrogen (secondary N) is 1. The molecule has 23 heavy (non-hydrogen) atoms. The first-order valence-electron chi connectivity index (χ1n) is 8.24. The number of likely N-dealkylation sites (tertiary alicyclic amines) is 1. The van der Waals surface area contributed by atoms with Crippen LogP contribution in [0.2, 0.25) is 0 Å². The summed E-state index contributed by atoms with van der Waals surface area (Å²) in [6.45, 7) is 8.25. The van der Waals surface area contributed by atoms with Crippen molar-refractivity contribution in [3.63, 3.8) is 0 Å². The zero-order chi connectivity index (χ0) is 17.0. The number of nitrogens with zero attached hydrogens (tertiary/aromatic N) is 1. The van der Waals surface area contributed by atoms with Crippen LogP contribution in [0, 0.1) is 13.8 Å². The second-order valence-electron chi connectivity index (χ2n) is 6.39. The van der Waals surface area contributed by atoms with Gasteiger partial charge in [0, 0.05) is 12.6 Å². The van der Waals surface area contributed by atoms with E-state index in [-0.39, 0.29) is 6.04 Å². The molecule has 1 unspecified atom stereocenters. The van der Waals surface area contributed by atoms with E-state index in [4.69, 9.17) is 4.74 Å². The Morgan fingerprint density at radius 1 is 1.17 bits per heavy atom. The van der Waals surface area contributed by atoms with Crippen molar-refractivity contribution in [3.05, 3.63) is 23.3 Å². The third kappa shape index (κ3) is 4.46. The molecule has 1 fully saturated rings. The van der Waals surface area contributed by atoms with Crippen LogP contribution in [0.3, 0.4) is 0 Å². The highest BCUT2D eigenvalue weighted by atomic mass is 32.2. The number of rotatable bonds is 6. The van der Waals surface area contributed by atoms with Gasteiger partial charge in [-0.3, -0.25) is 4.90 Å². The van der Waals surface area contributed by atoms with Gasteiger partial charge >= 0.3 is 0 Å². The van der Waals surface area contributed by atoms with Crippen LogP contribution in [0.15, 0.2) is 17.0 Å². The quantitative estimate of drug-likeness (QED) is 0.864. The lowest BCUT2D eigenvalue weighted by molar-refractivity contribution is 0.175. The summed E-state index contributed by atoms with van der Waals surface area (Å²) in [7, 11) is -1.93. The summed E-state index contributed by atoms with van der Waals surface area (Å²) >= 11 is 0. The first-order valence-corrected chi connectivity index (χ1v) is 9.72. The molecule has 1 N–H and O–H groups in total. The fourth-order valence-electron chi connectivity index (χ4n) is 3.24. The Morgan fingerprint density at radius 3 is 2.26 bits per heavy atom. The monoisotopic (exact) mass is 340 g/mol.